The molecule has 3 unspecified atom stereocenters. The van der Waals surface area contributed by atoms with Gasteiger partial charge in [0.25, 0.3) is 0 Å². The van der Waals surface area contributed by atoms with Crippen LogP contribution in [-0.4, -0.2) is 19.2 Å². The zero-order valence-electron chi connectivity index (χ0n) is 30.1. The number of halogens is 2. The molecular formula is C45H50F2O4. The summed E-state index contributed by atoms with van der Waals surface area (Å²) in [6.07, 6.45) is 17.2. The van der Waals surface area contributed by atoms with E-state index in [1.54, 1.807) is 24.3 Å². The molecule has 0 heterocycles. The van der Waals surface area contributed by atoms with E-state index in [9.17, 15) is 13.6 Å². The molecule has 268 valence electrons. The van der Waals surface area contributed by atoms with E-state index in [0.717, 1.165) is 51.4 Å². The molecule has 3 atom stereocenters. The van der Waals surface area contributed by atoms with E-state index >= 15 is 0 Å². The topological polar surface area (TPSA) is 44.8 Å². The van der Waals surface area contributed by atoms with Gasteiger partial charge in [0.1, 0.15) is 6.61 Å². The molecule has 0 amide bonds. The van der Waals surface area contributed by atoms with Crippen molar-refractivity contribution in [1.29, 1.82) is 0 Å². The van der Waals surface area contributed by atoms with Gasteiger partial charge in [-0.3, -0.25) is 4.79 Å². The van der Waals surface area contributed by atoms with Crippen LogP contribution in [0.1, 0.15) is 119 Å². The third kappa shape index (κ3) is 11.5. The van der Waals surface area contributed by atoms with Gasteiger partial charge < -0.3 is 14.2 Å². The first-order chi connectivity index (χ1) is 24.9. The fourth-order valence-electron chi connectivity index (χ4n) is 6.67. The van der Waals surface area contributed by atoms with Crippen molar-refractivity contribution in [3.63, 3.8) is 0 Å². The van der Waals surface area contributed by atoms with Gasteiger partial charge in [-0.05, 0) is 92.1 Å². The SMILES string of the molecule is CCCCCCCOc1ccc(C#Cc2ccc(C#Cc3ccc(OCCCCCCC)c(F)c3)c(COC(=O)C3CC4C=CC3C4)c2)cc1F. The van der Waals surface area contributed by atoms with Crippen LogP contribution in [0.5, 0.6) is 11.5 Å². The van der Waals surface area contributed by atoms with E-state index in [4.69, 9.17) is 14.2 Å². The second-order valence-corrected chi connectivity index (χ2v) is 13.7. The summed E-state index contributed by atoms with van der Waals surface area (Å²) >= 11 is 0. The van der Waals surface area contributed by atoms with Gasteiger partial charge in [0.2, 0.25) is 0 Å². The Bertz CT molecular complexity index is 1770. The normalized spacial score (nSPS) is 17.0. The zero-order chi connectivity index (χ0) is 35.8. The van der Waals surface area contributed by atoms with Crippen molar-refractivity contribution in [2.24, 2.45) is 17.8 Å². The minimum atomic E-state index is -0.450. The molecule has 1 saturated carbocycles. The number of allylic oxidation sites excluding steroid dienone is 2. The molecule has 0 N–H and O–H groups in total. The lowest BCUT2D eigenvalue weighted by Crippen LogP contribution is -2.21. The third-order valence-electron chi connectivity index (χ3n) is 9.62. The van der Waals surface area contributed by atoms with Crippen molar-refractivity contribution < 1.29 is 27.8 Å². The molecule has 2 aliphatic rings. The van der Waals surface area contributed by atoms with Crippen LogP contribution in [0.2, 0.25) is 0 Å². The molecule has 3 aromatic rings. The first kappa shape index (κ1) is 37.7. The zero-order valence-corrected chi connectivity index (χ0v) is 30.1. The van der Waals surface area contributed by atoms with Crippen molar-refractivity contribution in [3.8, 4) is 35.2 Å². The van der Waals surface area contributed by atoms with Gasteiger partial charge in [-0.15, -0.1) is 0 Å². The lowest BCUT2D eigenvalue weighted by Gasteiger charge is -2.17. The lowest BCUT2D eigenvalue weighted by molar-refractivity contribution is -0.150. The van der Waals surface area contributed by atoms with Crippen molar-refractivity contribution in [2.45, 2.75) is 97.5 Å². The summed E-state index contributed by atoms with van der Waals surface area (Å²) in [5.74, 6) is 12.3. The van der Waals surface area contributed by atoms with E-state index in [1.165, 1.54) is 37.8 Å². The van der Waals surface area contributed by atoms with Crippen LogP contribution in [0, 0.1) is 53.1 Å². The monoisotopic (exact) mass is 692 g/mol. The van der Waals surface area contributed by atoms with Crippen LogP contribution in [0.4, 0.5) is 8.78 Å². The number of carbonyl (C=O) groups is 1. The first-order valence-corrected chi connectivity index (χ1v) is 18.8. The maximum atomic E-state index is 14.8. The van der Waals surface area contributed by atoms with Gasteiger partial charge in [0.15, 0.2) is 23.1 Å². The first-order valence-electron chi connectivity index (χ1n) is 18.8. The summed E-state index contributed by atoms with van der Waals surface area (Å²) in [6.45, 7) is 5.35. The second-order valence-electron chi connectivity index (χ2n) is 13.7. The molecule has 0 aromatic heterocycles. The molecular weight excluding hydrogens is 642 g/mol. The number of benzene rings is 3. The molecule has 0 spiro atoms. The van der Waals surface area contributed by atoms with E-state index in [0.29, 0.717) is 46.9 Å². The highest BCUT2D eigenvalue weighted by atomic mass is 19.1. The number of unbranched alkanes of at least 4 members (excludes halogenated alkanes) is 8. The maximum Gasteiger partial charge on any atom is 0.309 e. The molecule has 3 aromatic carbocycles. The Morgan fingerprint density at radius 1 is 0.667 bits per heavy atom. The predicted molar refractivity (Wildman–Crippen MR) is 198 cm³/mol. The summed E-state index contributed by atoms with van der Waals surface area (Å²) in [6, 6.07) is 15.0. The fourth-order valence-corrected chi connectivity index (χ4v) is 6.67. The molecule has 0 radical (unpaired) electrons. The number of carbonyl (C=O) groups excluding carboxylic acids is 1. The quantitative estimate of drug-likeness (QED) is 0.0611. The fraction of sp³-hybridized carbons (Fsp3) is 0.444. The number of ether oxygens (including phenoxy) is 3. The van der Waals surface area contributed by atoms with Crippen LogP contribution >= 0.6 is 0 Å². The molecule has 51 heavy (non-hydrogen) atoms. The van der Waals surface area contributed by atoms with Crippen molar-refractivity contribution in [1.82, 2.24) is 0 Å². The van der Waals surface area contributed by atoms with Crippen molar-refractivity contribution >= 4 is 5.97 Å². The van der Waals surface area contributed by atoms with Gasteiger partial charge in [-0.25, -0.2) is 8.78 Å². The molecule has 0 saturated heterocycles. The molecule has 2 bridgehead atoms. The Kier molecular flexibility index (Phi) is 14.6. The number of hydrogen-bond donors (Lipinski definition) is 0. The molecule has 2 aliphatic carbocycles. The average molecular weight is 693 g/mol. The predicted octanol–water partition coefficient (Wildman–Crippen LogP) is 10.7. The highest BCUT2D eigenvalue weighted by molar-refractivity contribution is 5.74. The van der Waals surface area contributed by atoms with Crippen LogP contribution in [-0.2, 0) is 16.1 Å². The van der Waals surface area contributed by atoms with E-state index in [1.807, 2.05) is 18.2 Å². The lowest BCUT2D eigenvalue weighted by atomic mass is 9.94. The molecule has 4 nitrogen and oxygen atoms in total. The standard InChI is InChI=1S/C45H50F2O4/c1-3-5-7-9-11-25-49-43-23-18-34(30-41(43)46)14-13-33-15-20-37(39(27-33)32-51-45(48)40-29-36-17-22-38(40)28-36)21-16-35-19-24-44(42(47)31-35)50-26-12-10-8-6-4-2/h15,17-20,22-24,27,30-31,36,38,40H,3-12,25-26,28-29,32H2,1-2H3. The average Bonchev–Trinajstić information content (AvgIpc) is 3.78. The van der Waals surface area contributed by atoms with Gasteiger partial charge in [-0.2, -0.15) is 0 Å². The Hall–Kier alpha value is -4.55. The Morgan fingerprint density at radius 3 is 1.75 bits per heavy atom. The maximum absolute atomic E-state index is 14.8. The minimum absolute atomic E-state index is 0.0362. The summed E-state index contributed by atoms with van der Waals surface area (Å²) < 4.78 is 46.8. The molecule has 6 heteroatoms. The molecule has 5 rings (SSSR count). The number of rotatable bonds is 17. The summed E-state index contributed by atoms with van der Waals surface area (Å²) in [7, 11) is 0. The van der Waals surface area contributed by atoms with Crippen molar-refractivity contribution in [3.05, 3.63) is 106 Å². The van der Waals surface area contributed by atoms with E-state index < -0.39 is 11.6 Å². The molecule has 1 fully saturated rings. The number of hydrogen-bond acceptors (Lipinski definition) is 4. The van der Waals surface area contributed by atoms with E-state index in [2.05, 4.69) is 49.7 Å². The smallest absolute Gasteiger partial charge is 0.309 e. The highest BCUT2D eigenvalue weighted by Crippen LogP contribution is 2.44. The van der Waals surface area contributed by atoms with E-state index in [-0.39, 0.29) is 35.9 Å². The number of esters is 1. The summed E-state index contributed by atoms with van der Waals surface area (Å²) in [4.78, 5) is 13.1. The van der Waals surface area contributed by atoms with Crippen LogP contribution < -0.4 is 9.47 Å². The summed E-state index contributed by atoms with van der Waals surface area (Å²) in [5.41, 5.74) is 3.05. The van der Waals surface area contributed by atoms with Crippen molar-refractivity contribution in [2.75, 3.05) is 13.2 Å². The number of fused-ring (bicyclic) bond motifs is 2. The Morgan fingerprint density at radius 2 is 1.22 bits per heavy atom. The minimum Gasteiger partial charge on any atom is -0.491 e. The van der Waals surface area contributed by atoms with Gasteiger partial charge in [0, 0.05) is 27.8 Å². The second kappa shape index (κ2) is 19.7. The van der Waals surface area contributed by atoms with Crippen LogP contribution in [0.25, 0.3) is 0 Å². The Balaban J connectivity index is 1.27. The Labute approximate surface area is 303 Å². The van der Waals surface area contributed by atoms with Crippen LogP contribution in [0.3, 0.4) is 0 Å². The summed E-state index contributed by atoms with van der Waals surface area (Å²) in [5, 5.41) is 0. The van der Waals surface area contributed by atoms with Gasteiger partial charge in [-0.1, -0.05) is 101 Å². The van der Waals surface area contributed by atoms with Gasteiger partial charge in [0.05, 0.1) is 19.1 Å². The van der Waals surface area contributed by atoms with Gasteiger partial charge >= 0.3 is 5.97 Å². The largest absolute Gasteiger partial charge is 0.491 e. The third-order valence-corrected chi connectivity index (χ3v) is 9.62. The highest BCUT2D eigenvalue weighted by Gasteiger charge is 2.40. The molecule has 0 aliphatic heterocycles. The van der Waals surface area contributed by atoms with Crippen LogP contribution in [0.15, 0.2) is 66.7 Å².